The van der Waals surface area contributed by atoms with Crippen molar-refractivity contribution in [2.45, 2.75) is 24.6 Å². The van der Waals surface area contributed by atoms with Crippen LogP contribution in [0.5, 0.6) is 0 Å². The Hall–Kier alpha value is -2.02. The number of aromatic nitrogens is 4. The molecule has 7 heteroatoms. The van der Waals surface area contributed by atoms with Crippen molar-refractivity contribution in [1.82, 2.24) is 20.2 Å². The summed E-state index contributed by atoms with van der Waals surface area (Å²) in [7, 11) is -3.25. The Morgan fingerprint density at radius 3 is 2.71 bits per heavy atom. The third-order valence-electron chi connectivity index (χ3n) is 3.26. The lowest BCUT2D eigenvalue weighted by molar-refractivity contribution is 0.576. The Morgan fingerprint density at radius 2 is 2.00 bits per heavy atom. The van der Waals surface area contributed by atoms with Crippen LogP contribution < -0.4 is 0 Å². The minimum Gasteiger partial charge on any atom is -0.228 e. The highest BCUT2D eigenvalue weighted by Gasteiger charge is 2.29. The topological polar surface area (TPSA) is 77.7 Å². The van der Waals surface area contributed by atoms with Gasteiger partial charge in [0.15, 0.2) is 15.7 Å². The SMILES string of the molecule is O=S(=O)(C/C=C/c1ccccc1)Cc1nnnn1C1CC1. The molecule has 0 amide bonds. The van der Waals surface area contributed by atoms with Gasteiger partial charge in [0.1, 0.15) is 5.75 Å². The van der Waals surface area contributed by atoms with Crippen molar-refractivity contribution >= 4 is 15.9 Å². The molecule has 1 heterocycles. The molecule has 1 aliphatic rings. The molecule has 110 valence electrons. The lowest BCUT2D eigenvalue weighted by Crippen LogP contribution is -2.13. The van der Waals surface area contributed by atoms with Crippen molar-refractivity contribution in [3.63, 3.8) is 0 Å². The Morgan fingerprint density at radius 1 is 1.24 bits per heavy atom. The summed E-state index contributed by atoms with van der Waals surface area (Å²) >= 11 is 0. The summed E-state index contributed by atoms with van der Waals surface area (Å²) in [5.74, 6) is 0.306. The fourth-order valence-electron chi connectivity index (χ4n) is 2.06. The average molecular weight is 304 g/mol. The Kier molecular flexibility index (Phi) is 3.83. The summed E-state index contributed by atoms with van der Waals surface area (Å²) in [5.41, 5.74) is 0.982. The smallest absolute Gasteiger partial charge is 0.166 e. The zero-order chi connectivity index (χ0) is 14.7. The van der Waals surface area contributed by atoms with E-state index in [0.29, 0.717) is 5.82 Å². The third kappa shape index (κ3) is 3.75. The van der Waals surface area contributed by atoms with Gasteiger partial charge in [-0.1, -0.05) is 42.5 Å². The number of hydrogen-bond acceptors (Lipinski definition) is 5. The van der Waals surface area contributed by atoms with E-state index in [2.05, 4.69) is 15.5 Å². The standard InChI is InChI=1S/C14H16N4O2S/c19-21(20,10-4-7-12-5-2-1-3-6-12)11-14-15-16-17-18(14)13-8-9-13/h1-7,13H,8-11H2/b7-4+. The molecule has 6 nitrogen and oxygen atoms in total. The predicted octanol–water partition coefficient (Wildman–Crippen LogP) is 1.64. The molecule has 21 heavy (non-hydrogen) atoms. The Balaban J connectivity index is 1.64. The first-order valence-electron chi connectivity index (χ1n) is 6.83. The summed E-state index contributed by atoms with van der Waals surface area (Å²) in [6.45, 7) is 0. The maximum Gasteiger partial charge on any atom is 0.166 e. The summed E-state index contributed by atoms with van der Waals surface area (Å²) in [5, 5.41) is 11.3. The van der Waals surface area contributed by atoms with Crippen LogP contribution in [0.4, 0.5) is 0 Å². The van der Waals surface area contributed by atoms with Gasteiger partial charge in [-0.25, -0.2) is 13.1 Å². The van der Waals surface area contributed by atoms with Crippen LogP contribution in [0.2, 0.25) is 0 Å². The summed E-state index contributed by atoms with van der Waals surface area (Å²) < 4.78 is 25.9. The molecule has 0 unspecified atom stereocenters. The molecule has 1 saturated carbocycles. The van der Waals surface area contributed by atoms with Gasteiger partial charge in [-0.2, -0.15) is 0 Å². The van der Waals surface area contributed by atoms with Crippen molar-refractivity contribution in [3.8, 4) is 0 Å². The molecule has 1 aromatic carbocycles. The minimum absolute atomic E-state index is 0.0145. The maximum absolute atomic E-state index is 12.1. The molecule has 0 saturated heterocycles. The van der Waals surface area contributed by atoms with Gasteiger partial charge in [0, 0.05) is 0 Å². The molecule has 0 atom stereocenters. The fourth-order valence-corrected chi connectivity index (χ4v) is 3.15. The van der Waals surface area contributed by atoms with Gasteiger partial charge in [-0.3, -0.25) is 0 Å². The molecule has 0 bridgehead atoms. The van der Waals surface area contributed by atoms with Crippen molar-refractivity contribution in [2.24, 2.45) is 0 Å². The predicted molar refractivity (Wildman–Crippen MR) is 79.1 cm³/mol. The van der Waals surface area contributed by atoms with E-state index in [4.69, 9.17) is 0 Å². The van der Waals surface area contributed by atoms with Crippen molar-refractivity contribution < 1.29 is 8.42 Å². The highest BCUT2D eigenvalue weighted by molar-refractivity contribution is 7.90. The van der Waals surface area contributed by atoms with Crippen LogP contribution in [-0.4, -0.2) is 34.4 Å². The van der Waals surface area contributed by atoms with Crippen LogP contribution in [-0.2, 0) is 15.6 Å². The van der Waals surface area contributed by atoms with Crippen LogP contribution >= 0.6 is 0 Å². The number of rotatable bonds is 6. The number of hydrogen-bond donors (Lipinski definition) is 0. The molecule has 0 radical (unpaired) electrons. The Labute approximate surface area is 123 Å². The molecule has 1 aromatic heterocycles. The quantitative estimate of drug-likeness (QED) is 0.810. The second-order valence-electron chi connectivity index (χ2n) is 5.14. The second kappa shape index (κ2) is 5.77. The van der Waals surface area contributed by atoms with Crippen LogP contribution in [0.1, 0.15) is 30.3 Å². The van der Waals surface area contributed by atoms with Crippen LogP contribution in [0.3, 0.4) is 0 Å². The highest BCUT2D eigenvalue weighted by atomic mass is 32.2. The summed E-state index contributed by atoms with van der Waals surface area (Å²) in [6.07, 6.45) is 5.51. The van der Waals surface area contributed by atoms with E-state index in [9.17, 15) is 8.42 Å². The molecular weight excluding hydrogens is 288 g/mol. The first-order valence-corrected chi connectivity index (χ1v) is 8.65. The normalized spacial score (nSPS) is 15.6. The van der Waals surface area contributed by atoms with E-state index in [-0.39, 0.29) is 17.5 Å². The van der Waals surface area contributed by atoms with Gasteiger partial charge >= 0.3 is 0 Å². The zero-order valence-corrected chi connectivity index (χ0v) is 12.3. The van der Waals surface area contributed by atoms with Gasteiger partial charge in [0.05, 0.1) is 11.8 Å². The van der Waals surface area contributed by atoms with Gasteiger partial charge < -0.3 is 0 Å². The van der Waals surface area contributed by atoms with Crippen molar-refractivity contribution in [2.75, 3.05) is 5.75 Å². The molecule has 1 aliphatic carbocycles. The first kappa shape index (κ1) is 13.9. The second-order valence-corrected chi connectivity index (χ2v) is 7.25. The highest BCUT2D eigenvalue weighted by Crippen LogP contribution is 2.34. The van der Waals surface area contributed by atoms with Crippen molar-refractivity contribution in [3.05, 3.63) is 47.8 Å². The molecule has 0 aliphatic heterocycles. The lowest BCUT2D eigenvalue weighted by atomic mass is 10.2. The van der Waals surface area contributed by atoms with Gasteiger partial charge in [0.2, 0.25) is 0 Å². The van der Waals surface area contributed by atoms with E-state index in [1.807, 2.05) is 30.3 Å². The molecule has 0 spiro atoms. The Bertz CT molecular complexity index is 733. The maximum atomic E-state index is 12.1. The van der Waals surface area contributed by atoms with Crippen LogP contribution in [0.25, 0.3) is 6.08 Å². The number of benzene rings is 1. The number of tetrazole rings is 1. The average Bonchev–Trinajstić information content (AvgIpc) is 3.20. The molecule has 0 N–H and O–H groups in total. The summed E-state index contributed by atoms with van der Waals surface area (Å²) in [4.78, 5) is 0. The van der Waals surface area contributed by atoms with E-state index in [1.165, 1.54) is 0 Å². The van der Waals surface area contributed by atoms with E-state index in [1.54, 1.807) is 16.8 Å². The van der Waals surface area contributed by atoms with E-state index >= 15 is 0 Å². The molecule has 3 rings (SSSR count). The zero-order valence-electron chi connectivity index (χ0n) is 11.5. The molecule has 2 aromatic rings. The van der Waals surface area contributed by atoms with Crippen LogP contribution in [0.15, 0.2) is 36.4 Å². The van der Waals surface area contributed by atoms with Gasteiger partial charge in [-0.15, -0.1) is 5.10 Å². The minimum atomic E-state index is -3.25. The first-order chi connectivity index (χ1) is 10.1. The third-order valence-corrected chi connectivity index (χ3v) is 4.66. The van der Waals surface area contributed by atoms with E-state index in [0.717, 1.165) is 18.4 Å². The van der Waals surface area contributed by atoms with Gasteiger partial charge in [0.25, 0.3) is 0 Å². The van der Waals surface area contributed by atoms with E-state index < -0.39 is 9.84 Å². The summed E-state index contributed by atoms with van der Waals surface area (Å²) in [6, 6.07) is 9.89. The molecule has 1 fully saturated rings. The van der Waals surface area contributed by atoms with Gasteiger partial charge in [-0.05, 0) is 28.8 Å². The van der Waals surface area contributed by atoms with Crippen molar-refractivity contribution in [1.29, 1.82) is 0 Å². The largest absolute Gasteiger partial charge is 0.228 e. The lowest BCUT2D eigenvalue weighted by Gasteiger charge is -2.02. The monoisotopic (exact) mass is 304 g/mol. The number of nitrogens with zero attached hydrogens (tertiary/aromatic N) is 4. The molecular formula is C14H16N4O2S. The number of sulfone groups is 1. The fraction of sp³-hybridized carbons (Fsp3) is 0.357. The van der Waals surface area contributed by atoms with Crippen LogP contribution in [0, 0.1) is 0 Å².